The first kappa shape index (κ1) is 20.5. The summed E-state index contributed by atoms with van der Waals surface area (Å²) in [7, 11) is 1.65. The summed E-state index contributed by atoms with van der Waals surface area (Å²) in [5, 5.41) is 4.75. The van der Waals surface area contributed by atoms with Crippen LogP contribution in [0.4, 0.5) is 10.5 Å². The van der Waals surface area contributed by atoms with E-state index in [9.17, 15) is 4.79 Å². The molecule has 1 aliphatic heterocycles. The number of methoxy groups -OCH3 is 1. The molecule has 2 heterocycles. The van der Waals surface area contributed by atoms with Gasteiger partial charge in [0, 0.05) is 23.1 Å². The largest absolute Gasteiger partial charge is 0.497 e. The lowest BCUT2D eigenvalue weighted by molar-refractivity contribution is 0.193. The number of nitrogens with one attached hydrogen (secondary N) is 2. The van der Waals surface area contributed by atoms with Gasteiger partial charge in [-0.3, -0.25) is 0 Å². The number of aromatic nitrogens is 1. The Kier molecular flexibility index (Phi) is 5.27. The summed E-state index contributed by atoms with van der Waals surface area (Å²) in [5.41, 5.74) is 6.07. The van der Waals surface area contributed by atoms with Crippen LogP contribution in [0.2, 0.25) is 5.02 Å². The molecule has 1 unspecified atom stereocenters. The summed E-state index contributed by atoms with van der Waals surface area (Å²) >= 11 is 6.38. The molecule has 2 amide bonds. The second-order valence-electron chi connectivity index (χ2n) is 8.10. The highest BCUT2D eigenvalue weighted by Crippen LogP contribution is 2.39. The van der Waals surface area contributed by atoms with Gasteiger partial charge < -0.3 is 19.9 Å². The van der Waals surface area contributed by atoms with Crippen LogP contribution in [0.25, 0.3) is 10.9 Å². The summed E-state index contributed by atoms with van der Waals surface area (Å²) in [6.45, 7) is 2.57. The second-order valence-corrected chi connectivity index (χ2v) is 8.50. The maximum absolute atomic E-state index is 13.5. The van der Waals surface area contributed by atoms with Crippen LogP contribution < -0.4 is 10.1 Å². The van der Waals surface area contributed by atoms with Gasteiger partial charge in [-0.05, 0) is 60.4 Å². The van der Waals surface area contributed by atoms with Crippen molar-refractivity contribution in [1.29, 1.82) is 0 Å². The van der Waals surface area contributed by atoms with Crippen molar-refractivity contribution >= 4 is 34.2 Å². The molecular weight excluding hydrogens is 422 g/mol. The van der Waals surface area contributed by atoms with E-state index in [2.05, 4.69) is 28.5 Å². The zero-order chi connectivity index (χ0) is 22.2. The molecule has 1 aliphatic rings. The molecule has 0 spiro atoms. The summed E-state index contributed by atoms with van der Waals surface area (Å²) < 4.78 is 5.33. The minimum absolute atomic E-state index is 0.180. The number of hydrogen-bond acceptors (Lipinski definition) is 2. The average Bonchev–Trinajstić information content (AvgIpc) is 3.19. The van der Waals surface area contributed by atoms with Gasteiger partial charge in [0.25, 0.3) is 0 Å². The number of aryl methyl sites for hydroxylation is 1. The standard InChI is InChI=1S/C26H24ClN3O2/c1-16-7-12-23(21(27)15-16)29-26(31)30-14-13-20-19-5-3-4-6-22(19)28-24(20)25(30)17-8-10-18(32-2)11-9-17/h3-12,15,25,28H,13-14H2,1-2H3,(H,29,31). The molecular formula is C26H24ClN3O2. The molecule has 2 N–H and O–H groups in total. The number of hydrogen-bond donors (Lipinski definition) is 2. The number of para-hydroxylation sites is 1. The van der Waals surface area contributed by atoms with Gasteiger partial charge in [0.15, 0.2) is 0 Å². The van der Waals surface area contributed by atoms with Crippen molar-refractivity contribution in [2.24, 2.45) is 0 Å². The number of anilines is 1. The third-order valence-corrected chi connectivity index (χ3v) is 6.41. The molecule has 4 aromatic rings. The Bertz CT molecular complexity index is 1300. The average molecular weight is 446 g/mol. The second kappa shape index (κ2) is 8.24. The quantitative estimate of drug-likeness (QED) is 0.387. The number of carbonyl (C=O) groups excluding carboxylic acids is 1. The minimum atomic E-state index is -0.249. The van der Waals surface area contributed by atoms with E-state index in [4.69, 9.17) is 16.3 Å². The van der Waals surface area contributed by atoms with Crippen LogP contribution in [0.1, 0.15) is 28.4 Å². The summed E-state index contributed by atoms with van der Waals surface area (Å²) in [5.74, 6) is 0.781. The van der Waals surface area contributed by atoms with E-state index >= 15 is 0 Å². The number of H-pyrrole nitrogens is 1. The highest BCUT2D eigenvalue weighted by Gasteiger charge is 2.34. The topological polar surface area (TPSA) is 57.4 Å². The lowest BCUT2D eigenvalue weighted by atomic mass is 9.92. The fourth-order valence-corrected chi connectivity index (χ4v) is 4.78. The van der Waals surface area contributed by atoms with E-state index in [1.807, 2.05) is 60.4 Å². The van der Waals surface area contributed by atoms with Crippen molar-refractivity contribution in [3.63, 3.8) is 0 Å². The molecule has 0 bridgehead atoms. The zero-order valence-corrected chi connectivity index (χ0v) is 18.7. The third kappa shape index (κ3) is 3.59. The highest BCUT2D eigenvalue weighted by molar-refractivity contribution is 6.33. The van der Waals surface area contributed by atoms with Crippen LogP contribution in [0.15, 0.2) is 66.7 Å². The normalized spacial score (nSPS) is 15.5. The predicted molar refractivity (Wildman–Crippen MR) is 129 cm³/mol. The van der Waals surface area contributed by atoms with Gasteiger partial charge in [-0.2, -0.15) is 0 Å². The molecule has 0 saturated heterocycles. The predicted octanol–water partition coefficient (Wildman–Crippen LogP) is 6.32. The molecule has 0 saturated carbocycles. The van der Waals surface area contributed by atoms with Gasteiger partial charge in [0.2, 0.25) is 0 Å². The van der Waals surface area contributed by atoms with E-state index in [1.54, 1.807) is 7.11 Å². The summed E-state index contributed by atoms with van der Waals surface area (Å²) in [6.07, 6.45) is 0.779. The minimum Gasteiger partial charge on any atom is -0.497 e. The van der Waals surface area contributed by atoms with Gasteiger partial charge >= 0.3 is 6.03 Å². The van der Waals surface area contributed by atoms with E-state index < -0.39 is 0 Å². The summed E-state index contributed by atoms with van der Waals surface area (Å²) in [6, 6.07) is 21.4. The molecule has 1 aromatic heterocycles. The number of halogens is 1. The molecule has 5 nitrogen and oxygen atoms in total. The number of nitrogens with zero attached hydrogens (tertiary/aromatic N) is 1. The molecule has 0 aliphatic carbocycles. The monoisotopic (exact) mass is 445 g/mol. The first-order valence-electron chi connectivity index (χ1n) is 10.6. The molecule has 5 rings (SSSR count). The Morgan fingerprint density at radius 3 is 2.66 bits per heavy atom. The number of carbonyl (C=O) groups is 1. The number of aromatic amines is 1. The molecule has 0 radical (unpaired) electrons. The number of ether oxygens (including phenoxy) is 1. The number of benzene rings is 3. The lowest BCUT2D eigenvalue weighted by Gasteiger charge is -2.36. The van der Waals surface area contributed by atoms with Crippen molar-refractivity contribution in [1.82, 2.24) is 9.88 Å². The van der Waals surface area contributed by atoms with E-state index in [0.717, 1.165) is 34.5 Å². The Labute approximate surface area is 192 Å². The van der Waals surface area contributed by atoms with Crippen LogP contribution in [-0.2, 0) is 6.42 Å². The van der Waals surface area contributed by atoms with Crippen LogP contribution in [-0.4, -0.2) is 29.6 Å². The van der Waals surface area contributed by atoms with E-state index in [-0.39, 0.29) is 12.1 Å². The molecule has 3 aromatic carbocycles. The number of rotatable bonds is 3. The molecule has 6 heteroatoms. The molecule has 162 valence electrons. The van der Waals surface area contributed by atoms with Crippen molar-refractivity contribution in [2.45, 2.75) is 19.4 Å². The van der Waals surface area contributed by atoms with Crippen LogP contribution in [0, 0.1) is 6.92 Å². The molecule has 1 atom stereocenters. The van der Waals surface area contributed by atoms with Crippen LogP contribution in [0.5, 0.6) is 5.75 Å². The Morgan fingerprint density at radius 2 is 1.91 bits per heavy atom. The molecule has 32 heavy (non-hydrogen) atoms. The van der Waals surface area contributed by atoms with Gasteiger partial charge in [0.05, 0.1) is 23.9 Å². The maximum atomic E-state index is 13.5. The van der Waals surface area contributed by atoms with Crippen molar-refractivity contribution in [2.75, 3.05) is 19.0 Å². The smallest absolute Gasteiger partial charge is 0.322 e. The fourth-order valence-electron chi connectivity index (χ4n) is 4.50. The number of amides is 2. The highest BCUT2D eigenvalue weighted by atomic mass is 35.5. The SMILES string of the molecule is COc1ccc(C2c3[nH]c4ccccc4c3CCN2C(=O)Nc2ccc(C)cc2Cl)cc1. The number of fused-ring (bicyclic) bond motifs is 3. The van der Waals surface area contributed by atoms with E-state index in [0.29, 0.717) is 17.3 Å². The lowest BCUT2D eigenvalue weighted by Crippen LogP contribution is -2.43. The Hall–Kier alpha value is -3.44. The van der Waals surface area contributed by atoms with E-state index in [1.165, 1.54) is 10.9 Å². The number of urea groups is 1. The first-order valence-corrected chi connectivity index (χ1v) is 11.0. The zero-order valence-electron chi connectivity index (χ0n) is 18.0. The maximum Gasteiger partial charge on any atom is 0.322 e. The van der Waals surface area contributed by atoms with Crippen molar-refractivity contribution in [3.8, 4) is 5.75 Å². The summed E-state index contributed by atoms with van der Waals surface area (Å²) in [4.78, 5) is 18.9. The van der Waals surface area contributed by atoms with Crippen molar-refractivity contribution in [3.05, 3.63) is 94.1 Å². The van der Waals surface area contributed by atoms with Crippen LogP contribution in [0.3, 0.4) is 0 Å². The van der Waals surface area contributed by atoms with Crippen LogP contribution >= 0.6 is 11.6 Å². The Balaban J connectivity index is 1.56. The first-order chi connectivity index (χ1) is 15.5. The molecule has 0 fully saturated rings. The third-order valence-electron chi connectivity index (χ3n) is 6.09. The van der Waals surface area contributed by atoms with Crippen molar-refractivity contribution < 1.29 is 9.53 Å². The van der Waals surface area contributed by atoms with Gasteiger partial charge in [-0.25, -0.2) is 4.79 Å². The van der Waals surface area contributed by atoms with Gasteiger partial charge in [-0.15, -0.1) is 0 Å². The van der Waals surface area contributed by atoms with Gasteiger partial charge in [0.1, 0.15) is 5.75 Å². The van der Waals surface area contributed by atoms with Gasteiger partial charge in [-0.1, -0.05) is 48.0 Å². The Morgan fingerprint density at radius 1 is 1.12 bits per heavy atom. The fraction of sp³-hybridized carbons (Fsp3) is 0.192.